The van der Waals surface area contributed by atoms with Gasteiger partial charge in [0.2, 0.25) is 5.91 Å². The molecule has 5 rings (SSSR count). The van der Waals surface area contributed by atoms with E-state index < -0.39 is 5.41 Å². The topological polar surface area (TPSA) is 85.1 Å². The van der Waals surface area contributed by atoms with Crippen molar-refractivity contribution in [2.75, 3.05) is 5.32 Å². The van der Waals surface area contributed by atoms with Crippen molar-refractivity contribution < 1.29 is 9.18 Å². The number of rotatable bonds is 3. The van der Waals surface area contributed by atoms with Gasteiger partial charge < -0.3 is 5.32 Å². The maximum Gasteiger partial charge on any atom is 0.235 e. The van der Waals surface area contributed by atoms with E-state index in [1.807, 2.05) is 20.0 Å². The minimum absolute atomic E-state index is 0.114. The van der Waals surface area contributed by atoms with Crippen LogP contribution in [-0.4, -0.2) is 30.2 Å². The number of imidazole rings is 1. The third kappa shape index (κ3) is 2.87. The molecular weight excluding hydrogens is 498 g/mol. The zero-order valence-electron chi connectivity index (χ0n) is 16.1. The molecule has 0 spiro atoms. The van der Waals surface area contributed by atoms with Crippen LogP contribution in [0, 0.1) is 9.52 Å². The van der Waals surface area contributed by atoms with Crippen LogP contribution in [0.4, 0.5) is 10.2 Å². The van der Waals surface area contributed by atoms with E-state index in [2.05, 4.69) is 42.9 Å². The first-order chi connectivity index (χ1) is 14.4. The van der Waals surface area contributed by atoms with Gasteiger partial charge in [-0.25, -0.2) is 24.3 Å². The van der Waals surface area contributed by atoms with Crippen LogP contribution in [0.1, 0.15) is 30.7 Å². The number of anilines is 1. The Morgan fingerprint density at radius 3 is 2.77 bits per heavy atom. The van der Waals surface area contributed by atoms with E-state index in [4.69, 9.17) is 4.98 Å². The highest BCUT2D eigenvalue weighted by molar-refractivity contribution is 14.1. The van der Waals surface area contributed by atoms with Gasteiger partial charge in [-0.3, -0.25) is 9.20 Å². The van der Waals surface area contributed by atoms with Gasteiger partial charge in [-0.2, -0.15) is 0 Å². The number of nitrogens with one attached hydrogen (secondary N) is 1. The molecule has 0 saturated heterocycles. The van der Waals surface area contributed by atoms with Crippen LogP contribution in [0.25, 0.3) is 17.3 Å². The third-order valence-corrected chi connectivity index (χ3v) is 6.06. The minimum Gasteiger partial charge on any atom is -0.310 e. The summed E-state index contributed by atoms with van der Waals surface area (Å²) in [5, 5.41) is 2.84. The van der Waals surface area contributed by atoms with Crippen molar-refractivity contribution in [1.82, 2.24) is 24.3 Å². The summed E-state index contributed by atoms with van der Waals surface area (Å²) in [6, 6.07) is 8.40. The maximum atomic E-state index is 14.2. The van der Waals surface area contributed by atoms with Gasteiger partial charge >= 0.3 is 0 Å². The molecule has 0 fully saturated rings. The fourth-order valence-electron chi connectivity index (χ4n) is 3.64. The molecule has 9 heteroatoms. The number of carbonyl (C=O) groups is 1. The average Bonchev–Trinajstić information content (AvgIpc) is 3.18. The Morgan fingerprint density at radius 2 is 1.97 bits per heavy atom. The van der Waals surface area contributed by atoms with Gasteiger partial charge in [0, 0.05) is 24.4 Å². The Labute approximate surface area is 184 Å². The predicted molar refractivity (Wildman–Crippen MR) is 118 cm³/mol. The molecule has 0 unspecified atom stereocenters. The Kier molecular flexibility index (Phi) is 4.31. The SMILES string of the molecule is CC1(C)C(=O)Nc2nc(-c3nc(Cc4ccccc4F)c4ncccn34)nc(I)c21. The number of amides is 1. The smallest absolute Gasteiger partial charge is 0.235 e. The van der Waals surface area contributed by atoms with Gasteiger partial charge in [0.25, 0.3) is 0 Å². The van der Waals surface area contributed by atoms with Crippen LogP contribution in [0.3, 0.4) is 0 Å². The molecule has 4 heterocycles. The lowest BCUT2D eigenvalue weighted by atomic mass is 9.88. The second-order valence-corrected chi connectivity index (χ2v) is 8.63. The summed E-state index contributed by atoms with van der Waals surface area (Å²) in [6.07, 6.45) is 3.78. The Morgan fingerprint density at radius 1 is 1.17 bits per heavy atom. The van der Waals surface area contributed by atoms with Gasteiger partial charge in [-0.1, -0.05) is 18.2 Å². The van der Waals surface area contributed by atoms with E-state index in [0.29, 0.717) is 44.5 Å². The molecule has 1 amide bonds. The molecule has 0 atom stereocenters. The normalized spacial score (nSPS) is 14.7. The van der Waals surface area contributed by atoms with E-state index in [0.717, 1.165) is 5.56 Å². The molecule has 1 aromatic carbocycles. The van der Waals surface area contributed by atoms with Crippen LogP contribution in [0.15, 0.2) is 42.7 Å². The van der Waals surface area contributed by atoms with Crippen LogP contribution in [-0.2, 0) is 16.6 Å². The summed E-state index contributed by atoms with van der Waals surface area (Å²) in [4.78, 5) is 30.7. The molecule has 150 valence electrons. The monoisotopic (exact) mass is 514 g/mol. The molecule has 0 radical (unpaired) electrons. The minimum atomic E-state index is -0.698. The van der Waals surface area contributed by atoms with Crippen molar-refractivity contribution in [2.24, 2.45) is 0 Å². The van der Waals surface area contributed by atoms with E-state index in [1.54, 1.807) is 34.9 Å². The van der Waals surface area contributed by atoms with E-state index in [9.17, 15) is 9.18 Å². The van der Waals surface area contributed by atoms with Crippen molar-refractivity contribution in [1.29, 1.82) is 0 Å². The van der Waals surface area contributed by atoms with E-state index in [1.165, 1.54) is 6.07 Å². The van der Waals surface area contributed by atoms with Gasteiger partial charge in [0.05, 0.1) is 11.1 Å². The molecule has 0 saturated carbocycles. The second-order valence-electron chi connectivity index (χ2n) is 7.60. The molecule has 1 N–H and O–H groups in total. The molecule has 7 nitrogen and oxygen atoms in total. The quantitative estimate of drug-likeness (QED) is 0.333. The van der Waals surface area contributed by atoms with Crippen molar-refractivity contribution in [2.45, 2.75) is 25.7 Å². The Hall–Kier alpha value is -2.95. The summed E-state index contributed by atoms with van der Waals surface area (Å²) < 4.78 is 16.7. The van der Waals surface area contributed by atoms with E-state index in [-0.39, 0.29) is 11.7 Å². The van der Waals surface area contributed by atoms with E-state index >= 15 is 0 Å². The zero-order chi connectivity index (χ0) is 21.0. The first-order valence-electron chi connectivity index (χ1n) is 9.31. The molecular formula is C21H16FIN6O. The number of hydrogen-bond donors (Lipinski definition) is 1. The molecule has 1 aliphatic rings. The lowest BCUT2D eigenvalue weighted by molar-refractivity contribution is -0.119. The fraction of sp³-hybridized carbons (Fsp3) is 0.190. The summed E-state index contributed by atoms with van der Waals surface area (Å²) in [6.45, 7) is 3.70. The number of halogens is 2. The summed E-state index contributed by atoms with van der Waals surface area (Å²) in [5.74, 6) is 0.958. The van der Waals surface area contributed by atoms with Crippen molar-refractivity contribution in [3.63, 3.8) is 0 Å². The fourth-order valence-corrected chi connectivity index (χ4v) is 4.80. The second kappa shape index (κ2) is 6.79. The number of aromatic nitrogens is 5. The summed E-state index contributed by atoms with van der Waals surface area (Å²) in [7, 11) is 0. The molecule has 3 aromatic heterocycles. The standard InChI is InChI=1S/C21H16FIN6O/c1-21(2)14-15(23)26-17(27-16(14)28-20(21)30)19-25-13(18-24-8-5-9-29(18)19)10-11-6-3-4-7-12(11)22/h3-9H,10H2,1-2H3,(H,26,27,28,30). The van der Waals surface area contributed by atoms with Gasteiger partial charge in [0.15, 0.2) is 17.3 Å². The molecule has 0 aliphatic carbocycles. The van der Waals surface area contributed by atoms with Crippen LogP contribution < -0.4 is 5.32 Å². The number of benzene rings is 1. The van der Waals surface area contributed by atoms with Gasteiger partial charge in [0.1, 0.15) is 15.3 Å². The highest BCUT2D eigenvalue weighted by Crippen LogP contribution is 2.39. The lowest BCUT2D eigenvalue weighted by Gasteiger charge is -2.15. The summed E-state index contributed by atoms with van der Waals surface area (Å²) >= 11 is 2.12. The van der Waals surface area contributed by atoms with Crippen LogP contribution >= 0.6 is 22.6 Å². The summed E-state index contributed by atoms with van der Waals surface area (Å²) in [5.41, 5.74) is 1.85. The van der Waals surface area contributed by atoms with Crippen molar-refractivity contribution in [3.8, 4) is 11.6 Å². The van der Waals surface area contributed by atoms with Gasteiger partial charge in [-0.15, -0.1) is 0 Å². The van der Waals surface area contributed by atoms with Crippen molar-refractivity contribution in [3.05, 3.63) is 69.1 Å². The maximum absolute atomic E-state index is 14.2. The number of hydrogen-bond acceptors (Lipinski definition) is 5. The van der Waals surface area contributed by atoms with Gasteiger partial charge in [-0.05, 0) is 54.1 Å². The molecule has 0 bridgehead atoms. The Bertz CT molecular complexity index is 1330. The average molecular weight is 514 g/mol. The molecule has 30 heavy (non-hydrogen) atoms. The predicted octanol–water partition coefficient (Wildman–Crippen LogP) is 3.75. The largest absolute Gasteiger partial charge is 0.310 e. The highest BCUT2D eigenvalue weighted by Gasteiger charge is 2.42. The number of fused-ring (bicyclic) bond motifs is 2. The number of nitrogens with zero attached hydrogens (tertiary/aromatic N) is 5. The molecule has 1 aliphatic heterocycles. The lowest BCUT2D eigenvalue weighted by Crippen LogP contribution is -2.27. The number of carbonyl (C=O) groups excluding carboxylic acids is 1. The van der Waals surface area contributed by atoms with Crippen LogP contribution in [0.5, 0.6) is 0 Å². The first-order valence-corrected chi connectivity index (χ1v) is 10.4. The van der Waals surface area contributed by atoms with Crippen molar-refractivity contribution >= 4 is 40.0 Å². The zero-order valence-corrected chi connectivity index (χ0v) is 18.3. The van der Waals surface area contributed by atoms with Crippen LogP contribution in [0.2, 0.25) is 0 Å². The molecule has 4 aromatic rings. The third-order valence-electron chi connectivity index (χ3n) is 5.28. The Balaban J connectivity index is 1.67. The first kappa shape index (κ1) is 19.0. The highest BCUT2D eigenvalue weighted by atomic mass is 127.